The predicted molar refractivity (Wildman–Crippen MR) is 106 cm³/mol. The Kier molecular flexibility index (Phi) is 6.13. The van der Waals surface area contributed by atoms with Gasteiger partial charge in [0.25, 0.3) is 0 Å². The zero-order valence-electron chi connectivity index (χ0n) is 15.5. The fourth-order valence-corrected chi connectivity index (χ4v) is 3.95. The molecule has 2 aromatic carbocycles. The van der Waals surface area contributed by atoms with Crippen LogP contribution in [0.2, 0.25) is 0 Å². The Balaban J connectivity index is 1.49. The molecule has 1 N–H and O–H groups in total. The van der Waals surface area contributed by atoms with Crippen molar-refractivity contribution in [1.29, 1.82) is 0 Å². The van der Waals surface area contributed by atoms with E-state index in [4.69, 9.17) is 0 Å². The fourth-order valence-electron chi connectivity index (χ4n) is 3.22. The van der Waals surface area contributed by atoms with Crippen LogP contribution in [0.25, 0.3) is 0 Å². The van der Waals surface area contributed by atoms with E-state index in [-0.39, 0.29) is 10.8 Å². The highest BCUT2D eigenvalue weighted by atomic mass is 32.2. The van der Waals surface area contributed by atoms with Gasteiger partial charge in [-0.15, -0.1) is 0 Å². The molecule has 1 fully saturated rings. The van der Waals surface area contributed by atoms with Crippen molar-refractivity contribution < 1.29 is 13.2 Å². The SMILES string of the molecule is CNS(=O)(=O)c1ccc(CCC(=O)N2CCN(c3ccccc3)CC2)cc1. The maximum absolute atomic E-state index is 12.5. The Morgan fingerprint density at radius 1 is 0.963 bits per heavy atom. The highest BCUT2D eigenvalue weighted by molar-refractivity contribution is 7.89. The monoisotopic (exact) mass is 387 g/mol. The van der Waals surface area contributed by atoms with Crippen LogP contribution < -0.4 is 9.62 Å². The molecule has 0 aromatic heterocycles. The highest BCUT2D eigenvalue weighted by Crippen LogP contribution is 2.17. The van der Waals surface area contributed by atoms with Crippen molar-refractivity contribution >= 4 is 21.6 Å². The van der Waals surface area contributed by atoms with Gasteiger partial charge >= 0.3 is 0 Å². The van der Waals surface area contributed by atoms with E-state index in [9.17, 15) is 13.2 Å². The molecule has 1 aliphatic heterocycles. The summed E-state index contributed by atoms with van der Waals surface area (Å²) in [6, 6.07) is 16.9. The largest absolute Gasteiger partial charge is 0.368 e. The molecule has 1 amide bonds. The summed E-state index contributed by atoms with van der Waals surface area (Å²) in [6.45, 7) is 3.14. The molecule has 0 radical (unpaired) electrons. The molecule has 0 atom stereocenters. The number of amides is 1. The maximum Gasteiger partial charge on any atom is 0.240 e. The van der Waals surface area contributed by atoms with Gasteiger partial charge in [-0.2, -0.15) is 0 Å². The molecule has 0 spiro atoms. The number of sulfonamides is 1. The molecule has 27 heavy (non-hydrogen) atoms. The first-order valence-electron chi connectivity index (χ1n) is 9.10. The van der Waals surface area contributed by atoms with Crippen molar-refractivity contribution in [2.75, 3.05) is 38.1 Å². The lowest BCUT2D eigenvalue weighted by Gasteiger charge is -2.36. The van der Waals surface area contributed by atoms with Gasteiger partial charge < -0.3 is 9.80 Å². The minimum absolute atomic E-state index is 0.148. The number of hydrogen-bond acceptors (Lipinski definition) is 4. The third kappa shape index (κ3) is 4.87. The third-order valence-corrected chi connectivity index (χ3v) is 6.31. The summed E-state index contributed by atoms with van der Waals surface area (Å²) in [5.74, 6) is 0.148. The summed E-state index contributed by atoms with van der Waals surface area (Å²) in [5, 5.41) is 0. The summed E-state index contributed by atoms with van der Waals surface area (Å²) in [7, 11) is -2.03. The van der Waals surface area contributed by atoms with Gasteiger partial charge in [-0.1, -0.05) is 30.3 Å². The first kappa shape index (κ1) is 19.4. The van der Waals surface area contributed by atoms with Crippen molar-refractivity contribution in [3.8, 4) is 0 Å². The van der Waals surface area contributed by atoms with Gasteiger partial charge in [0, 0.05) is 38.3 Å². The van der Waals surface area contributed by atoms with Crippen LogP contribution in [0.5, 0.6) is 0 Å². The number of rotatable bonds is 6. The Morgan fingerprint density at radius 3 is 2.19 bits per heavy atom. The smallest absolute Gasteiger partial charge is 0.240 e. The Bertz CT molecular complexity index is 859. The highest BCUT2D eigenvalue weighted by Gasteiger charge is 2.21. The van der Waals surface area contributed by atoms with E-state index in [0.29, 0.717) is 12.8 Å². The topological polar surface area (TPSA) is 69.7 Å². The Labute approximate surface area is 160 Å². The maximum atomic E-state index is 12.5. The van der Waals surface area contributed by atoms with Gasteiger partial charge in [-0.25, -0.2) is 13.1 Å². The molecule has 1 saturated heterocycles. The molecule has 1 aliphatic rings. The molecule has 0 saturated carbocycles. The third-order valence-electron chi connectivity index (χ3n) is 4.88. The second-order valence-corrected chi connectivity index (χ2v) is 8.44. The van der Waals surface area contributed by atoms with Gasteiger partial charge in [0.05, 0.1) is 4.90 Å². The van der Waals surface area contributed by atoms with Crippen LogP contribution in [0.3, 0.4) is 0 Å². The molecule has 0 bridgehead atoms. The molecule has 144 valence electrons. The van der Waals surface area contributed by atoms with Crippen LogP contribution in [-0.2, 0) is 21.2 Å². The van der Waals surface area contributed by atoms with Crippen LogP contribution in [0.15, 0.2) is 59.5 Å². The summed E-state index contributed by atoms with van der Waals surface area (Å²) in [4.78, 5) is 16.9. The van der Waals surface area contributed by atoms with Crippen LogP contribution in [0, 0.1) is 0 Å². The van der Waals surface area contributed by atoms with Gasteiger partial charge in [-0.3, -0.25) is 4.79 Å². The number of piperazine rings is 1. The molecule has 3 rings (SSSR count). The molecule has 0 aliphatic carbocycles. The molecular weight excluding hydrogens is 362 g/mol. The van der Waals surface area contributed by atoms with Crippen LogP contribution in [0.4, 0.5) is 5.69 Å². The number of nitrogens with one attached hydrogen (secondary N) is 1. The Morgan fingerprint density at radius 2 is 1.59 bits per heavy atom. The van der Waals surface area contributed by atoms with E-state index in [1.54, 1.807) is 24.3 Å². The zero-order valence-corrected chi connectivity index (χ0v) is 16.3. The zero-order chi connectivity index (χ0) is 19.3. The second kappa shape index (κ2) is 8.54. The van der Waals surface area contributed by atoms with Crippen molar-refractivity contribution in [3.63, 3.8) is 0 Å². The number of carbonyl (C=O) groups is 1. The van der Waals surface area contributed by atoms with E-state index < -0.39 is 10.0 Å². The summed E-state index contributed by atoms with van der Waals surface area (Å²) >= 11 is 0. The molecule has 7 heteroatoms. The number of carbonyl (C=O) groups excluding carboxylic acids is 1. The Hall–Kier alpha value is -2.38. The number of para-hydroxylation sites is 1. The minimum Gasteiger partial charge on any atom is -0.368 e. The molecule has 6 nitrogen and oxygen atoms in total. The van der Waals surface area contributed by atoms with Crippen molar-refractivity contribution in [3.05, 3.63) is 60.2 Å². The van der Waals surface area contributed by atoms with Crippen LogP contribution in [-0.4, -0.2) is 52.5 Å². The summed E-state index contributed by atoms with van der Waals surface area (Å²) in [5.41, 5.74) is 2.16. The average molecular weight is 388 g/mol. The first-order valence-corrected chi connectivity index (χ1v) is 10.6. The van der Waals surface area contributed by atoms with E-state index in [0.717, 1.165) is 31.7 Å². The fraction of sp³-hybridized carbons (Fsp3) is 0.350. The second-order valence-electron chi connectivity index (χ2n) is 6.55. The van der Waals surface area contributed by atoms with Crippen molar-refractivity contribution in [2.24, 2.45) is 0 Å². The van der Waals surface area contributed by atoms with E-state index in [1.165, 1.54) is 12.7 Å². The lowest BCUT2D eigenvalue weighted by molar-refractivity contribution is -0.131. The van der Waals surface area contributed by atoms with E-state index in [2.05, 4.69) is 21.8 Å². The van der Waals surface area contributed by atoms with Gasteiger partial charge in [0.15, 0.2) is 0 Å². The van der Waals surface area contributed by atoms with Gasteiger partial charge in [0.1, 0.15) is 0 Å². The van der Waals surface area contributed by atoms with Crippen LogP contribution in [0.1, 0.15) is 12.0 Å². The molecule has 1 heterocycles. The lowest BCUT2D eigenvalue weighted by atomic mass is 10.1. The molecule has 2 aromatic rings. The van der Waals surface area contributed by atoms with Crippen LogP contribution >= 0.6 is 0 Å². The lowest BCUT2D eigenvalue weighted by Crippen LogP contribution is -2.48. The first-order chi connectivity index (χ1) is 13.0. The molecule has 0 unspecified atom stereocenters. The molecular formula is C20H25N3O3S. The van der Waals surface area contributed by atoms with Crippen molar-refractivity contribution in [1.82, 2.24) is 9.62 Å². The number of benzene rings is 2. The van der Waals surface area contributed by atoms with E-state index >= 15 is 0 Å². The summed E-state index contributed by atoms with van der Waals surface area (Å²) < 4.78 is 25.8. The number of hydrogen-bond donors (Lipinski definition) is 1. The van der Waals surface area contributed by atoms with Crippen molar-refractivity contribution in [2.45, 2.75) is 17.7 Å². The number of anilines is 1. The standard InChI is InChI=1S/C20H25N3O3S/c1-21-27(25,26)19-10-7-17(8-11-19)9-12-20(24)23-15-13-22(14-16-23)18-5-3-2-4-6-18/h2-8,10-11,21H,9,12-16H2,1H3. The quantitative estimate of drug-likeness (QED) is 0.822. The minimum atomic E-state index is -3.42. The van der Waals surface area contributed by atoms with Gasteiger partial charge in [0.2, 0.25) is 15.9 Å². The van der Waals surface area contributed by atoms with Gasteiger partial charge in [-0.05, 0) is 43.3 Å². The predicted octanol–water partition coefficient (Wildman–Crippen LogP) is 1.88. The normalized spacial score (nSPS) is 15.0. The van der Waals surface area contributed by atoms with E-state index in [1.807, 2.05) is 23.1 Å². The average Bonchev–Trinajstić information content (AvgIpc) is 2.73. The summed E-state index contributed by atoms with van der Waals surface area (Å²) in [6.07, 6.45) is 1.04. The number of nitrogens with zero attached hydrogens (tertiary/aromatic N) is 2. The number of aryl methyl sites for hydroxylation is 1.